The molecule has 0 radical (unpaired) electrons. The Hall–Kier alpha value is -3.42. The first kappa shape index (κ1) is 21.3. The van der Waals surface area contributed by atoms with Crippen molar-refractivity contribution in [3.63, 3.8) is 0 Å². The van der Waals surface area contributed by atoms with Crippen LogP contribution in [0.5, 0.6) is 5.75 Å². The van der Waals surface area contributed by atoms with E-state index in [9.17, 15) is 19.7 Å². The maximum Gasteiger partial charge on any atom is 0.338 e. The van der Waals surface area contributed by atoms with Gasteiger partial charge >= 0.3 is 5.97 Å². The molecule has 1 atom stereocenters. The van der Waals surface area contributed by atoms with Crippen LogP contribution in [0.4, 0.5) is 11.4 Å². The third kappa shape index (κ3) is 4.42. The Labute approximate surface area is 174 Å². The maximum atomic E-state index is 13.1. The van der Waals surface area contributed by atoms with Crippen molar-refractivity contribution in [2.24, 2.45) is 5.92 Å². The molecule has 1 amide bonds. The van der Waals surface area contributed by atoms with Crippen LogP contribution in [0.15, 0.2) is 42.5 Å². The molecule has 1 unspecified atom stereocenters. The molecule has 30 heavy (non-hydrogen) atoms. The van der Waals surface area contributed by atoms with Crippen molar-refractivity contribution in [3.8, 4) is 5.75 Å². The highest BCUT2D eigenvalue weighted by Gasteiger charge is 2.37. The lowest BCUT2D eigenvalue weighted by Gasteiger charge is -2.36. The van der Waals surface area contributed by atoms with Gasteiger partial charge in [0.15, 0.2) is 6.10 Å². The van der Waals surface area contributed by atoms with E-state index < -0.39 is 17.0 Å². The van der Waals surface area contributed by atoms with E-state index in [4.69, 9.17) is 9.47 Å². The van der Waals surface area contributed by atoms with E-state index in [1.807, 2.05) is 20.8 Å². The van der Waals surface area contributed by atoms with Crippen LogP contribution in [-0.4, -0.2) is 29.5 Å². The summed E-state index contributed by atoms with van der Waals surface area (Å²) in [5, 5.41) is 11.2. The highest BCUT2D eigenvalue weighted by molar-refractivity contribution is 6.00. The standard InChI is InChI=1S/C22H24N2O6/c1-4-10-29-22(26)16-7-5-6-15(11-16)13-23-18-12-17(24(27)28)8-9-19(18)30-20(14(2)3)21(23)25/h5-9,11-12,14,20H,4,10,13H2,1-3H3. The lowest BCUT2D eigenvalue weighted by Crippen LogP contribution is -2.48. The molecule has 1 heterocycles. The van der Waals surface area contributed by atoms with Crippen LogP contribution in [0.1, 0.15) is 43.1 Å². The number of hydrogen-bond donors (Lipinski definition) is 0. The van der Waals surface area contributed by atoms with Gasteiger partial charge < -0.3 is 14.4 Å². The number of amides is 1. The number of fused-ring (bicyclic) bond motifs is 1. The van der Waals surface area contributed by atoms with Gasteiger partial charge in [0.25, 0.3) is 11.6 Å². The Bertz CT molecular complexity index is 972. The molecule has 0 spiro atoms. The van der Waals surface area contributed by atoms with Gasteiger partial charge in [0.1, 0.15) is 5.75 Å². The summed E-state index contributed by atoms with van der Waals surface area (Å²) >= 11 is 0. The van der Waals surface area contributed by atoms with Crippen molar-refractivity contribution >= 4 is 23.3 Å². The fourth-order valence-electron chi connectivity index (χ4n) is 3.23. The van der Waals surface area contributed by atoms with E-state index >= 15 is 0 Å². The zero-order valence-electron chi connectivity index (χ0n) is 17.2. The Balaban J connectivity index is 1.96. The van der Waals surface area contributed by atoms with Crippen LogP contribution in [0.25, 0.3) is 0 Å². The Morgan fingerprint density at radius 1 is 1.27 bits per heavy atom. The van der Waals surface area contributed by atoms with E-state index in [0.717, 1.165) is 6.42 Å². The zero-order valence-corrected chi connectivity index (χ0v) is 17.2. The molecule has 0 bridgehead atoms. The number of rotatable bonds is 7. The molecule has 8 heteroatoms. The van der Waals surface area contributed by atoms with Crippen molar-refractivity contribution in [2.45, 2.75) is 39.8 Å². The second-order valence-electron chi connectivity index (χ2n) is 7.45. The molecule has 2 aromatic rings. The first-order chi connectivity index (χ1) is 14.3. The number of carbonyl (C=O) groups is 2. The molecule has 0 aliphatic carbocycles. The predicted octanol–water partition coefficient (Wildman–Crippen LogP) is 4.11. The molecule has 3 rings (SSSR count). The number of non-ortho nitro benzene ring substituents is 1. The minimum atomic E-state index is -0.698. The Morgan fingerprint density at radius 3 is 2.70 bits per heavy atom. The number of carbonyl (C=O) groups excluding carboxylic acids is 2. The number of nitro groups is 1. The lowest BCUT2D eigenvalue weighted by atomic mass is 10.0. The van der Waals surface area contributed by atoms with Crippen molar-refractivity contribution in [3.05, 3.63) is 63.7 Å². The van der Waals surface area contributed by atoms with Crippen LogP contribution in [0.3, 0.4) is 0 Å². The molecule has 1 aliphatic rings. The van der Waals surface area contributed by atoms with Gasteiger partial charge in [0.05, 0.1) is 29.3 Å². The summed E-state index contributed by atoms with van der Waals surface area (Å²) < 4.78 is 11.0. The highest BCUT2D eigenvalue weighted by Crippen LogP contribution is 2.39. The van der Waals surface area contributed by atoms with Crippen molar-refractivity contribution in [2.75, 3.05) is 11.5 Å². The van der Waals surface area contributed by atoms with E-state index in [2.05, 4.69) is 0 Å². The smallest absolute Gasteiger partial charge is 0.338 e. The van der Waals surface area contributed by atoms with Crippen LogP contribution >= 0.6 is 0 Å². The molecule has 2 aromatic carbocycles. The zero-order chi connectivity index (χ0) is 21.8. The van der Waals surface area contributed by atoms with Gasteiger partial charge in [-0.05, 0) is 36.1 Å². The maximum absolute atomic E-state index is 13.1. The monoisotopic (exact) mass is 412 g/mol. The highest BCUT2D eigenvalue weighted by atomic mass is 16.6. The van der Waals surface area contributed by atoms with Gasteiger partial charge in [-0.15, -0.1) is 0 Å². The number of anilines is 1. The second-order valence-corrected chi connectivity index (χ2v) is 7.45. The summed E-state index contributed by atoms with van der Waals surface area (Å²) in [6.07, 6.45) is 0.0245. The number of ether oxygens (including phenoxy) is 2. The van der Waals surface area contributed by atoms with Crippen molar-refractivity contribution < 1.29 is 24.0 Å². The molecule has 0 saturated carbocycles. The molecular formula is C22H24N2O6. The summed E-state index contributed by atoms with van der Waals surface area (Å²) in [7, 11) is 0. The lowest BCUT2D eigenvalue weighted by molar-refractivity contribution is -0.384. The summed E-state index contributed by atoms with van der Waals surface area (Å²) in [5.41, 5.74) is 1.30. The number of benzene rings is 2. The fourth-order valence-corrected chi connectivity index (χ4v) is 3.23. The summed E-state index contributed by atoms with van der Waals surface area (Å²) in [6.45, 7) is 6.14. The molecule has 0 saturated heterocycles. The van der Waals surface area contributed by atoms with E-state index in [-0.39, 0.29) is 24.1 Å². The van der Waals surface area contributed by atoms with Gasteiger partial charge in [-0.2, -0.15) is 0 Å². The van der Waals surface area contributed by atoms with Gasteiger partial charge in [0, 0.05) is 12.1 Å². The summed E-state index contributed by atoms with van der Waals surface area (Å²) in [6, 6.07) is 11.0. The van der Waals surface area contributed by atoms with Gasteiger partial charge in [-0.1, -0.05) is 32.9 Å². The SMILES string of the molecule is CCCOC(=O)c1cccc(CN2C(=O)C(C(C)C)Oc3ccc([N+](=O)[O-])cc32)c1. The average Bonchev–Trinajstić information content (AvgIpc) is 2.73. The normalized spacial score (nSPS) is 15.5. The number of nitrogens with zero attached hydrogens (tertiary/aromatic N) is 2. The quantitative estimate of drug-likeness (QED) is 0.385. The molecule has 8 nitrogen and oxygen atoms in total. The number of nitro benzene ring substituents is 1. The van der Waals surface area contributed by atoms with E-state index in [1.54, 1.807) is 24.3 Å². The van der Waals surface area contributed by atoms with Crippen molar-refractivity contribution in [1.29, 1.82) is 0 Å². The molecular weight excluding hydrogens is 388 g/mol. The second kappa shape index (κ2) is 8.94. The van der Waals surface area contributed by atoms with Gasteiger partial charge in [-0.25, -0.2) is 4.79 Å². The van der Waals surface area contributed by atoms with Crippen molar-refractivity contribution in [1.82, 2.24) is 0 Å². The molecule has 158 valence electrons. The minimum Gasteiger partial charge on any atom is -0.478 e. The fraction of sp³-hybridized carbons (Fsp3) is 0.364. The largest absolute Gasteiger partial charge is 0.478 e. The first-order valence-electron chi connectivity index (χ1n) is 9.84. The first-order valence-corrected chi connectivity index (χ1v) is 9.84. The number of hydrogen-bond acceptors (Lipinski definition) is 6. The minimum absolute atomic E-state index is 0.0845. The average molecular weight is 412 g/mol. The van der Waals surface area contributed by atoms with Crippen LogP contribution in [-0.2, 0) is 16.1 Å². The molecule has 1 aliphatic heterocycles. The molecule has 0 fully saturated rings. The van der Waals surface area contributed by atoms with Gasteiger partial charge in [-0.3, -0.25) is 14.9 Å². The van der Waals surface area contributed by atoms with E-state index in [1.165, 1.54) is 23.1 Å². The van der Waals surface area contributed by atoms with Crippen LogP contribution in [0.2, 0.25) is 0 Å². The van der Waals surface area contributed by atoms with Crippen LogP contribution in [0, 0.1) is 16.0 Å². The Kier molecular flexibility index (Phi) is 6.34. The van der Waals surface area contributed by atoms with Crippen LogP contribution < -0.4 is 9.64 Å². The molecule has 0 N–H and O–H groups in total. The van der Waals surface area contributed by atoms with Gasteiger partial charge in [0.2, 0.25) is 0 Å². The predicted molar refractivity (Wildman–Crippen MR) is 111 cm³/mol. The number of esters is 1. The van der Waals surface area contributed by atoms with E-state index in [0.29, 0.717) is 29.2 Å². The summed E-state index contributed by atoms with van der Waals surface area (Å²) in [5.74, 6) is -0.379. The molecule has 0 aromatic heterocycles. The topological polar surface area (TPSA) is 99.0 Å². The third-order valence-electron chi connectivity index (χ3n) is 4.75. The summed E-state index contributed by atoms with van der Waals surface area (Å²) in [4.78, 5) is 37.5. The Morgan fingerprint density at radius 2 is 2.03 bits per heavy atom. The third-order valence-corrected chi connectivity index (χ3v) is 4.75.